The second kappa shape index (κ2) is 14.8. The number of hydrogen-bond donors (Lipinski definition) is 0. The van der Waals surface area contributed by atoms with Gasteiger partial charge in [0.05, 0.1) is 0 Å². The van der Waals surface area contributed by atoms with Crippen molar-refractivity contribution in [2.75, 3.05) is 0 Å². The number of nitrogens with zero attached hydrogens (tertiary/aromatic N) is 3. The van der Waals surface area contributed by atoms with Crippen LogP contribution in [0.5, 0.6) is 0 Å². The molecule has 11 rings (SSSR count). The fourth-order valence-corrected chi connectivity index (χ4v) is 9.14. The maximum Gasteiger partial charge on any atom is 0.164 e. The molecule has 0 bridgehead atoms. The van der Waals surface area contributed by atoms with Crippen LogP contribution in [0.25, 0.3) is 101 Å². The number of fused-ring (bicyclic) bond motifs is 4. The summed E-state index contributed by atoms with van der Waals surface area (Å²) in [6.07, 6.45) is 0. The highest BCUT2D eigenvalue weighted by Crippen LogP contribution is 2.52. The van der Waals surface area contributed by atoms with Crippen molar-refractivity contribution in [3.8, 4) is 89.8 Å². The van der Waals surface area contributed by atoms with E-state index in [1.165, 1.54) is 44.3 Å². The van der Waals surface area contributed by atoms with E-state index in [9.17, 15) is 0 Å². The summed E-state index contributed by atoms with van der Waals surface area (Å²) >= 11 is 0. The Balaban J connectivity index is 1.04. The average Bonchev–Trinajstić information content (AvgIpc) is 3.57. The summed E-state index contributed by atoms with van der Waals surface area (Å²) in [6, 6.07) is 75.8. The predicted octanol–water partition coefficient (Wildman–Crippen LogP) is 15.0. The van der Waals surface area contributed by atoms with Crippen molar-refractivity contribution in [1.29, 1.82) is 0 Å². The van der Waals surface area contributed by atoms with Crippen molar-refractivity contribution in [3.63, 3.8) is 0 Å². The molecule has 0 N–H and O–H groups in total. The number of rotatable bonds is 7. The summed E-state index contributed by atoms with van der Waals surface area (Å²) in [4.78, 5) is 15.4. The van der Waals surface area contributed by atoms with Gasteiger partial charge in [0.1, 0.15) is 0 Å². The molecule has 0 atom stereocenters. The van der Waals surface area contributed by atoms with Gasteiger partial charge in [0, 0.05) is 22.1 Å². The van der Waals surface area contributed by atoms with Crippen molar-refractivity contribution in [2.24, 2.45) is 0 Å². The summed E-state index contributed by atoms with van der Waals surface area (Å²) in [5, 5.41) is 2.32. The van der Waals surface area contributed by atoms with Gasteiger partial charge in [0.25, 0.3) is 0 Å². The standard InChI is InChI=1S/C58H41N3/c1-58(2)52-28-12-11-26-51(52)54-50(27-15-29-53(54)58)45-25-14-23-43(33-45)42-22-13-24-44(32-42)48-35-47(38-16-5-3-6-17-38)36-49(37-48)57-60-55(40-19-7-4-8-20-40)59-56(61-57)46-31-30-39-18-9-10-21-41(39)34-46/h3-37H,1-2H3. The van der Waals surface area contributed by atoms with Crippen LogP contribution in [0.2, 0.25) is 0 Å². The highest BCUT2D eigenvalue weighted by Gasteiger charge is 2.36. The molecule has 0 saturated carbocycles. The molecular formula is C58H41N3. The predicted molar refractivity (Wildman–Crippen MR) is 253 cm³/mol. The first kappa shape index (κ1) is 36.3. The zero-order valence-corrected chi connectivity index (χ0v) is 34.0. The van der Waals surface area contributed by atoms with Crippen molar-refractivity contribution in [1.82, 2.24) is 15.0 Å². The lowest BCUT2D eigenvalue weighted by Gasteiger charge is -2.21. The number of hydrogen-bond acceptors (Lipinski definition) is 3. The molecule has 3 nitrogen and oxygen atoms in total. The summed E-state index contributed by atoms with van der Waals surface area (Å²) in [7, 11) is 0. The van der Waals surface area contributed by atoms with Gasteiger partial charge in [-0.15, -0.1) is 0 Å². The van der Waals surface area contributed by atoms with E-state index in [4.69, 9.17) is 15.0 Å². The maximum absolute atomic E-state index is 5.20. The van der Waals surface area contributed by atoms with Crippen LogP contribution in [0.4, 0.5) is 0 Å². The van der Waals surface area contributed by atoms with Crippen LogP contribution < -0.4 is 0 Å². The Hall–Kier alpha value is -7.75. The van der Waals surface area contributed by atoms with Crippen LogP contribution in [-0.2, 0) is 5.41 Å². The van der Waals surface area contributed by atoms with E-state index >= 15 is 0 Å². The lowest BCUT2D eigenvalue weighted by atomic mass is 9.82. The molecule has 61 heavy (non-hydrogen) atoms. The Labute approximate surface area is 356 Å². The SMILES string of the molecule is CC1(C)c2ccccc2-c2c(-c3cccc(-c4cccc(-c5cc(-c6ccccc6)cc(-c6nc(-c7ccccc7)nc(-c7ccc8ccccc8c7)n6)c5)c4)c3)cccc21. The Morgan fingerprint density at radius 1 is 0.279 bits per heavy atom. The molecule has 288 valence electrons. The molecule has 0 radical (unpaired) electrons. The molecule has 1 heterocycles. The summed E-state index contributed by atoms with van der Waals surface area (Å²) in [5.74, 6) is 1.90. The Kier molecular flexibility index (Phi) is 8.82. The van der Waals surface area contributed by atoms with Crippen molar-refractivity contribution < 1.29 is 0 Å². The van der Waals surface area contributed by atoms with Gasteiger partial charge >= 0.3 is 0 Å². The summed E-state index contributed by atoms with van der Waals surface area (Å²) in [5.41, 5.74) is 17.4. The monoisotopic (exact) mass is 779 g/mol. The highest BCUT2D eigenvalue weighted by molar-refractivity contribution is 5.94. The van der Waals surface area contributed by atoms with E-state index < -0.39 is 0 Å². The molecule has 0 spiro atoms. The van der Waals surface area contributed by atoms with Gasteiger partial charge in [0.15, 0.2) is 17.5 Å². The minimum atomic E-state index is -0.0521. The zero-order chi connectivity index (χ0) is 40.9. The molecule has 0 unspecified atom stereocenters. The van der Waals surface area contributed by atoms with Gasteiger partial charge < -0.3 is 0 Å². The Bertz CT molecular complexity index is 3280. The lowest BCUT2D eigenvalue weighted by molar-refractivity contribution is 0.660. The quantitative estimate of drug-likeness (QED) is 0.162. The fraction of sp³-hybridized carbons (Fsp3) is 0.0517. The first-order valence-corrected chi connectivity index (χ1v) is 20.9. The molecule has 9 aromatic carbocycles. The van der Waals surface area contributed by atoms with Crippen LogP contribution >= 0.6 is 0 Å². The molecule has 3 heteroatoms. The number of benzene rings is 9. The van der Waals surface area contributed by atoms with E-state index in [2.05, 4.69) is 208 Å². The fourth-order valence-electron chi connectivity index (χ4n) is 9.14. The van der Waals surface area contributed by atoms with Crippen LogP contribution in [0.1, 0.15) is 25.0 Å². The molecule has 1 aromatic heterocycles. The Morgan fingerprint density at radius 2 is 0.738 bits per heavy atom. The van der Waals surface area contributed by atoms with Crippen LogP contribution in [0.3, 0.4) is 0 Å². The van der Waals surface area contributed by atoms with Crippen molar-refractivity contribution in [2.45, 2.75) is 19.3 Å². The molecule has 0 amide bonds. The Morgan fingerprint density at radius 3 is 1.48 bits per heavy atom. The molecule has 0 aliphatic heterocycles. The molecule has 0 saturated heterocycles. The third-order valence-corrected chi connectivity index (χ3v) is 12.3. The second-order valence-corrected chi connectivity index (χ2v) is 16.5. The number of aromatic nitrogens is 3. The van der Waals surface area contributed by atoms with Gasteiger partial charge in [-0.2, -0.15) is 0 Å². The van der Waals surface area contributed by atoms with Gasteiger partial charge in [-0.25, -0.2) is 15.0 Å². The lowest BCUT2D eigenvalue weighted by Crippen LogP contribution is -2.14. The normalized spacial score (nSPS) is 12.6. The van der Waals surface area contributed by atoms with E-state index in [0.717, 1.165) is 49.9 Å². The van der Waals surface area contributed by atoms with Crippen LogP contribution in [-0.4, -0.2) is 15.0 Å². The summed E-state index contributed by atoms with van der Waals surface area (Å²) < 4.78 is 0. The van der Waals surface area contributed by atoms with E-state index in [1.807, 2.05) is 18.2 Å². The van der Waals surface area contributed by atoms with Crippen molar-refractivity contribution >= 4 is 10.8 Å². The third-order valence-electron chi connectivity index (χ3n) is 12.3. The summed E-state index contributed by atoms with van der Waals surface area (Å²) in [6.45, 7) is 4.68. The first-order chi connectivity index (χ1) is 30.0. The minimum absolute atomic E-state index is 0.0521. The van der Waals surface area contributed by atoms with E-state index in [0.29, 0.717) is 17.5 Å². The molecule has 1 aliphatic carbocycles. The highest BCUT2D eigenvalue weighted by atomic mass is 15.0. The smallest absolute Gasteiger partial charge is 0.164 e. The first-order valence-electron chi connectivity index (χ1n) is 20.9. The van der Waals surface area contributed by atoms with Gasteiger partial charge in [0.2, 0.25) is 0 Å². The van der Waals surface area contributed by atoms with Crippen LogP contribution in [0, 0.1) is 0 Å². The molecule has 10 aromatic rings. The van der Waals surface area contributed by atoms with Gasteiger partial charge in [-0.3, -0.25) is 0 Å². The largest absolute Gasteiger partial charge is 0.208 e. The second-order valence-electron chi connectivity index (χ2n) is 16.5. The average molecular weight is 780 g/mol. The van der Waals surface area contributed by atoms with Crippen molar-refractivity contribution in [3.05, 3.63) is 223 Å². The van der Waals surface area contributed by atoms with Gasteiger partial charge in [-0.05, 0) is 114 Å². The maximum atomic E-state index is 5.20. The zero-order valence-electron chi connectivity index (χ0n) is 34.0. The molecule has 0 fully saturated rings. The van der Waals surface area contributed by atoms with Gasteiger partial charge in [-0.1, -0.05) is 190 Å². The minimum Gasteiger partial charge on any atom is -0.208 e. The molecular weight excluding hydrogens is 739 g/mol. The van der Waals surface area contributed by atoms with Crippen LogP contribution in [0.15, 0.2) is 212 Å². The van der Waals surface area contributed by atoms with E-state index in [1.54, 1.807) is 0 Å². The van der Waals surface area contributed by atoms with E-state index in [-0.39, 0.29) is 5.41 Å². The third kappa shape index (κ3) is 6.61. The molecule has 1 aliphatic rings. The topological polar surface area (TPSA) is 38.7 Å².